The first-order chi connectivity index (χ1) is 15.2. The Labute approximate surface area is 190 Å². The molecule has 0 aliphatic heterocycles. The summed E-state index contributed by atoms with van der Waals surface area (Å²) in [4.78, 5) is 38.1. The van der Waals surface area contributed by atoms with Crippen molar-refractivity contribution in [3.05, 3.63) is 35.4 Å². The van der Waals surface area contributed by atoms with Crippen molar-refractivity contribution in [2.45, 2.75) is 77.9 Å². The van der Waals surface area contributed by atoms with Gasteiger partial charge < -0.3 is 15.4 Å². The van der Waals surface area contributed by atoms with E-state index in [-0.39, 0.29) is 42.3 Å². The van der Waals surface area contributed by atoms with Crippen molar-refractivity contribution in [2.75, 3.05) is 6.54 Å². The van der Waals surface area contributed by atoms with Crippen LogP contribution in [0.4, 0.5) is 0 Å². The summed E-state index contributed by atoms with van der Waals surface area (Å²) >= 11 is 0. The molecule has 0 saturated heterocycles. The van der Waals surface area contributed by atoms with E-state index in [2.05, 4.69) is 10.6 Å². The summed E-state index contributed by atoms with van der Waals surface area (Å²) in [7, 11) is 0. The summed E-state index contributed by atoms with van der Waals surface area (Å²) in [6, 6.07) is 7.24. The van der Waals surface area contributed by atoms with Gasteiger partial charge in [0.25, 0.3) is 0 Å². The van der Waals surface area contributed by atoms with Crippen LogP contribution < -0.4 is 10.6 Å². The van der Waals surface area contributed by atoms with Crippen molar-refractivity contribution in [3.8, 4) is 0 Å². The van der Waals surface area contributed by atoms with E-state index in [1.54, 1.807) is 13.8 Å². The predicted molar refractivity (Wildman–Crippen MR) is 122 cm³/mol. The fourth-order valence-electron chi connectivity index (χ4n) is 6.51. The molecular formula is C26H36N2O4. The Kier molecular flexibility index (Phi) is 6.59. The number of hydrogen-bond acceptors (Lipinski definition) is 4. The molecule has 6 nitrogen and oxygen atoms in total. The second-order valence-electron chi connectivity index (χ2n) is 10.7. The van der Waals surface area contributed by atoms with Crippen molar-refractivity contribution in [2.24, 2.45) is 23.2 Å². The third-order valence-electron chi connectivity index (χ3n) is 7.48. The molecule has 2 amide bonds. The van der Waals surface area contributed by atoms with Crippen LogP contribution in [0.5, 0.6) is 0 Å². The van der Waals surface area contributed by atoms with Crippen molar-refractivity contribution in [1.82, 2.24) is 10.6 Å². The minimum atomic E-state index is -0.495. The molecule has 32 heavy (non-hydrogen) atoms. The van der Waals surface area contributed by atoms with E-state index in [1.807, 2.05) is 31.2 Å². The van der Waals surface area contributed by atoms with E-state index < -0.39 is 6.04 Å². The van der Waals surface area contributed by atoms with Gasteiger partial charge in [0.15, 0.2) is 0 Å². The molecule has 0 heterocycles. The molecule has 0 radical (unpaired) electrons. The van der Waals surface area contributed by atoms with Gasteiger partial charge in [-0.25, -0.2) is 0 Å². The maximum atomic E-state index is 13.1. The van der Waals surface area contributed by atoms with Crippen LogP contribution in [-0.4, -0.2) is 30.4 Å². The third kappa shape index (κ3) is 5.16. The highest BCUT2D eigenvalue weighted by molar-refractivity contribution is 5.88. The van der Waals surface area contributed by atoms with Gasteiger partial charge in [-0.3, -0.25) is 14.4 Å². The van der Waals surface area contributed by atoms with Gasteiger partial charge in [-0.1, -0.05) is 29.8 Å². The Balaban J connectivity index is 1.36. The molecule has 2 N–H and O–H groups in total. The van der Waals surface area contributed by atoms with Crippen molar-refractivity contribution in [1.29, 1.82) is 0 Å². The molecule has 5 rings (SSSR count). The van der Waals surface area contributed by atoms with Gasteiger partial charge in [0, 0.05) is 5.41 Å². The average Bonchev–Trinajstić information content (AvgIpc) is 2.70. The van der Waals surface area contributed by atoms with E-state index in [0.717, 1.165) is 30.4 Å². The standard InChI is InChI=1S/C26H36N2O4/c1-16(2)32-24(30)11-22(21-6-4-17(3)5-7-21)28-23(29)15-27-25(31)26-12-18-8-19(13-26)10-20(9-18)14-26/h4-7,16,18-20,22H,8-15H2,1-3H3,(H,27,31)(H,28,29). The SMILES string of the molecule is Cc1ccc(C(CC(=O)OC(C)C)NC(=O)CNC(=O)C23CC4CC(CC(C4)C2)C3)cc1. The first kappa shape index (κ1) is 22.8. The van der Waals surface area contributed by atoms with Crippen molar-refractivity contribution < 1.29 is 19.1 Å². The number of rotatable bonds is 8. The molecule has 4 aliphatic rings. The largest absolute Gasteiger partial charge is 0.463 e. The number of hydrogen-bond donors (Lipinski definition) is 2. The van der Waals surface area contributed by atoms with Crippen LogP contribution >= 0.6 is 0 Å². The molecule has 4 fully saturated rings. The summed E-state index contributed by atoms with van der Waals surface area (Å²) in [6.45, 7) is 5.53. The lowest BCUT2D eigenvalue weighted by Crippen LogP contribution is -2.54. The van der Waals surface area contributed by atoms with Crippen LogP contribution in [0.3, 0.4) is 0 Å². The molecule has 1 aromatic carbocycles. The number of benzene rings is 1. The Hall–Kier alpha value is -2.37. The number of carbonyl (C=O) groups excluding carboxylic acids is 3. The number of carbonyl (C=O) groups is 3. The van der Waals surface area contributed by atoms with Gasteiger partial charge in [0.05, 0.1) is 25.1 Å². The Morgan fingerprint density at radius 3 is 2.09 bits per heavy atom. The van der Waals surface area contributed by atoms with Gasteiger partial charge in [-0.2, -0.15) is 0 Å². The highest BCUT2D eigenvalue weighted by Crippen LogP contribution is 2.60. The van der Waals surface area contributed by atoms with Crippen LogP contribution in [-0.2, 0) is 19.1 Å². The minimum absolute atomic E-state index is 0.0397. The van der Waals surface area contributed by atoms with Gasteiger partial charge in [-0.15, -0.1) is 0 Å². The molecule has 0 aromatic heterocycles. The molecule has 4 saturated carbocycles. The maximum absolute atomic E-state index is 13.1. The first-order valence-electron chi connectivity index (χ1n) is 12.1. The van der Waals surface area contributed by atoms with E-state index >= 15 is 0 Å². The van der Waals surface area contributed by atoms with E-state index in [0.29, 0.717) is 17.8 Å². The van der Waals surface area contributed by atoms with Crippen molar-refractivity contribution >= 4 is 17.8 Å². The maximum Gasteiger partial charge on any atom is 0.308 e. The monoisotopic (exact) mass is 440 g/mol. The lowest BCUT2D eigenvalue weighted by Gasteiger charge is -2.55. The Bertz CT molecular complexity index is 826. The summed E-state index contributed by atoms with van der Waals surface area (Å²) < 4.78 is 5.28. The molecule has 4 bridgehead atoms. The molecule has 1 aromatic rings. The number of amides is 2. The van der Waals surface area contributed by atoms with E-state index in [9.17, 15) is 14.4 Å². The van der Waals surface area contributed by atoms with Crippen LogP contribution in [0.1, 0.15) is 76.0 Å². The summed E-state index contributed by atoms with van der Waals surface area (Å²) in [5.74, 6) is 1.43. The first-order valence-corrected chi connectivity index (χ1v) is 12.1. The van der Waals surface area contributed by atoms with E-state index in [4.69, 9.17) is 4.74 Å². The lowest BCUT2D eigenvalue weighted by molar-refractivity contribution is -0.149. The van der Waals surface area contributed by atoms with Gasteiger partial charge in [0.2, 0.25) is 11.8 Å². The van der Waals surface area contributed by atoms with Gasteiger partial charge >= 0.3 is 5.97 Å². The molecule has 1 atom stereocenters. The number of esters is 1. The minimum Gasteiger partial charge on any atom is -0.463 e. The van der Waals surface area contributed by atoms with Crippen LogP contribution in [0.2, 0.25) is 0 Å². The number of aryl methyl sites for hydroxylation is 1. The Morgan fingerprint density at radius 2 is 1.56 bits per heavy atom. The summed E-state index contributed by atoms with van der Waals surface area (Å²) in [6.07, 6.45) is 6.58. The predicted octanol–water partition coefficient (Wildman–Crippen LogP) is 3.83. The van der Waals surface area contributed by atoms with E-state index in [1.165, 1.54) is 19.3 Å². The van der Waals surface area contributed by atoms with Gasteiger partial charge in [-0.05, 0) is 82.6 Å². The molecular weight excluding hydrogens is 404 g/mol. The summed E-state index contributed by atoms with van der Waals surface area (Å²) in [5.41, 5.74) is 1.68. The zero-order valence-electron chi connectivity index (χ0n) is 19.5. The third-order valence-corrected chi connectivity index (χ3v) is 7.48. The van der Waals surface area contributed by atoms with Crippen molar-refractivity contribution in [3.63, 3.8) is 0 Å². The quantitative estimate of drug-likeness (QED) is 0.602. The lowest BCUT2D eigenvalue weighted by atomic mass is 9.49. The fourth-order valence-corrected chi connectivity index (χ4v) is 6.51. The van der Waals surface area contributed by atoms with Crippen LogP contribution in [0.25, 0.3) is 0 Å². The Morgan fingerprint density at radius 1 is 1.00 bits per heavy atom. The van der Waals surface area contributed by atoms with Crippen LogP contribution in [0.15, 0.2) is 24.3 Å². The zero-order valence-corrected chi connectivity index (χ0v) is 19.5. The second-order valence-corrected chi connectivity index (χ2v) is 10.7. The molecule has 0 spiro atoms. The van der Waals surface area contributed by atoms with Gasteiger partial charge in [0.1, 0.15) is 0 Å². The smallest absolute Gasteiger partial charge is 0.308 e. The number of nitrogens with one attached hydrogen (secondary N) is 2. The summed E-state index contributed by atoms with van der Waals surface area (Å²) in [5, 5.41) is 5.86. The topological polar surface area (TPSA) is 84.5 Å². The highest BCUT2D eigenvalue weighted by atomic mass is 16.5. The normalized spacial score (nSPS) is 28.9. The molecule has 4 aliphatic carbocycles. The highest BCUT2D eigenvalue weighted by Gasteiger charge is 2.54. The second kappa shape index (κ2) is 9.24. The van der Waals surface area contributed by atoms with Crippen LogP contribution in [0, 0.1) is 30.1 Å². The fraction of sp³-hybridized carbons (Fsp3) is 0.654. The number of ether oxygens (including phenoxy) is 1. The zero-order chi connectivity index (χ0) is 22.9. The molecule has 6 heteroatoms. The molecule has 1 unspecified atom stereocenters. The molecule has 174 valence electrons. The average molecular weight is 441 g/mol.